The van der Waals surface area contributed by atoms with E-state index in [2.05, 4.69) is 11.9 Å². The second-order valence-corrected chi connectivity index (χ2v) is 6.35. The first-order valence-electron chi connectivity index (χ1n) is 8.52. The summed E-state index contributed by atoms with van der Waals surface area (Å²) in [5, 5.41) is 2.99. The van der Waals surface area contributed by atoms with E-state index in [1.165, 1.54) is 5.56 Å². The van der Waals surface area contributed by atoms with Gasteiger partial charge in [-0.2, -0.15) is 0 Å². The van der Waals surface area contributed by atoms with E-state index in [1.807, 2.05) is 69.4 Å². The summed E-state index contributed by atoms with van der Waals surface area (Å²) < 4.78 is 5.49. The van der Waals surface area contributed by atoms with Gasteiger partial charge in [-0.15, -0.1) is 0 Å². The number of nitrogens with one attached hydrogen (secondary N) is 2. The van der Waals surface area contributed by atoms with Crippen LogP contribution in [0.1, 0.15) is 18.1 Å². The van der Waals surface area contributed by atoms with Crippen molar-refractivity contribution in [2.24, 2.45) is 0 Å². The molecule has 0 spiro atoms. The molecule has 1 unspecified atom stereocenters. The van der Waals surface area contributed by atoms with Crippen molar-refractivity contribution in [2.45, 2.75) is 26.4 Å². The standard InChI is InChI=1S/C21H26N2O2/c1-5-13-25-20-11-9-18(10-12-20)15-23(4)17(3)21(24)22-19-8-6-7-16(2)14-19/h5-12,14,17H,1,13,15H2,2-4H3,(H,22,24)/p+1/t17-/m0/s1. The van der Waals surface area contributed by atoms with Crippen molar-refractivity contribution < 1.29 is 14.4 Å². The fourth-order valence-corrected chi connectivity index (χ4v) is 2.53. The lowest BCUT2D eigenvalue weighted by molar-refractivity contribution is -0.907. The minimum Gasteiger partial charge on any atom is -0.490 e. The Hall–Kier alpha value is -2.59. The zero-order chi connectivity index (χ0) is 18.2. The van der Waals surface area contributed by atoms with E-state index < -0.39 is 0 Å². The normalized spacial score (nSPS) is 12.9. The summed E-state index contributed by atoms with van der Waals surface area (Å²) in [6, 6.07) is 15.7. The van der Waals surface area contributed by atoms with Crippen molar-refractivity contribution in [1.29, 1.82) is 0 Å². The number of carbonyl (C=O) groups excluding carboxylic acids is 1. The molecule has 0 aliphatic heterocycles. The summed E-state index contributed by atoms with van der Waals surface area (Å²) in [7, 11) is 2.03. The third-order valence-corrected chi connectivity index (χ3v) is 4.19. The van der Waals surface area contributed by atoms with Crippen molar-refractivity contribution >= 4 is 11.6 Å². The Kier molecular flexibility index (Phi) is 6.78. The number of aryl methyl sites for hydroxylation is 1. The smallest absolute Gasteiger partial charge is 0.282 e. The lowest BCUT2D eigenvalue weighted by Crippen LogP contribution is -3.12. The average molecular weight is 339 g/mol. The monoisotopic (exact) mass is 339 g/mol. The molecule has 2 aromatic carbocycles. The van der Waals surface area contributed by atoms with Crippen molar-refractivity contribution in [3.8, 4) is 5.75 Å². The first-order chi connectivity index (χ1) is 12.0. The number of hydrogen-bond acceptors (Lipinski definition) is 2. The molecule has 2 N–H and O–H groups in total. The summed E-state index contributed by atoms with van der Waals surface area (Å²) in [6.07, 6.45) is 1.72. The van der Waals surface area contributed by atoms with Gasteiger partial charge in [-0.3, -0.25) is 4.79 Å². The lowest BCUT2D eigenvalue weighted by Gasteiger charge is -2.21. The van der Waals surface area contributed by atoms with Gasteiger partial charge in [-0.25, -0.2) is 0 Å². The van der Waals surface area contributed by atoms with E-state index >= 15 is 0 Å². The van der Waals surface area contributed by atoms with Crippen LogP contribution in [0.2, 0.25) is 0 Å². The van der Waals surface area contributed by atoms with Crippen LogP contribution in [0.3, 0.4) is 0 Å². The van der Waals surface area contributed by atoms with Crippen LogP contribution in [0.4, 0.5) is 5.69 Å². The maximum Gasteiger partial charge on any atom is 0.282 e. The summed E-state index contributed by atoms with van der Waals surface area (Å²) >= 11 is 0. The highest BCUT2D eigenvalue weighted by molar-refractivity contribution is 5.93. The molecule has 0 aliphatic carbocycles. The minimum absolute atomic E-state index is 0.0223. The van der Waals surface area contributed by atoms with Crippen LogP contribution in [0, 0.1) is 6.92 Å². The van der Waals surface area contributed by atoms with E-state index in [1.54, 1.807) is 6.08 Å². The second kappa shape index (κ2) is 9.04. The Labute approximate surface area is 150 Å². The molecule has 0 radical (unpaired) electrons. The zero-order valence-corrected chi connectivity index (χ0v) is 15.2. The van der Waals surface area contributed by atoms with Crippen LogP contribution in [0.5, 0.6) is 5.75 Å². The molecule has 0 aromatic heterocycles. The SMILES string of the molecule is C=CCOc1ccc(C[NH+](C)[C@@H](C)C(=O)Nc2cccc(C)c2)cc1. The summed E-state index contributed by atoms with van der Waals surface area (Å²) in [5.74, 6) is 0.848. The van der Waals surface area contributed by atoms with E-state index in [0.717, 1.165) is 28.4 Å². The Bertz CT molecular complexity index is 710. The van der Waals surface area contributed by atoms with Crippen molar-refractivity contribution in [3.05, 3.63) is 72.3 Å². The summed E-state index contributed by atoms with van der Waals surface area (Å²) in [4.78, 5) is 13.6. The third-order valence-electron chi connectivity index (χ3n) is 4.19. The summed E-state index contributed by atoms with van der Waals surface area (Å²) in [6.45, 7) is 8.86. The molecule has 0 bridgehead atoms. The van der Waals surface area contributed by atoms with Gasteiger partial charge >= 0.3 is 0 Å². The van der Waals surface area contributed by atoms with E-state index in [4.69, 9.17) is 4.74 Å². The number of amides is 1. The fourth-order valence-electron chi connectivity index (χ4n) is 2.53. The molecule has 0 saturated carbocycles. The molecule has 0 fully saturated rings. The number of quaternary nitrogens is 1. The van der Waals surface area contributed by atoms with E-state index in [9.17, 15) is 4.79 Å². The molecule has 2 aromatic rings. The number of ether oxygens (including phenoxy) is 1. The van der Waals surface area contributed by atoms with Crippen LogP contribution in [0.15, 0.2) is 61.2 Å². The topological polar surface area (TPSA) is 42.8 Å². The molecule has 0 saturated heterocycles. The van der Waals surface area contributed by atoms with Crippen LogP contribution in [-0.2, 0) is 11.3 Å². The Morgan fingerprint density at radius 2 is 2.00 bits per heavy atom. The maximum atomic E-state index is 12.5. The van der Waals surface area contributed by atoms with Gasteiger partial charge in [0, 0.05) is 11.3 Å². The fraction of sp³-hybridized carbons (Fsp3) is 0.286. The predicted octanol–water partition coefficient (Wildman–Crippen LogP) is 2.60. The first kappa shape index (κ1) is 18.7. The van der Waals surface area contributed by atoms with Gasteiger partial charge in [0.1, 0.15) is 18.9 Å². The second-order valence-electron chi connectivity index (χ2n) is 6.35. The lowest BCUT2D eigenvalue weighted by atomic mass is 10.1. The van der Waals surface area contributed by atoms with Gasteiger partial charge in [-0.1, -0.05) is 24.8 Å². The quantitative estimate of drug-likeness (QED) is 0.726. The third kappa shape index (κ3) is 5.76. The number of likely N-dealkylation sites (N-methyl/N-ethyl adjacent to an activating group) is 1. The largest absolute Gasteiger partial charge is 0.490 e. The molecule has 4 heteroatoms. The molecule has 1 amide bonds. The van der Waals surface area contributed by atoms with Gasteiger partial charge in [0.2, 0.25) is 0 Å². The number of hydrogen-bond donors (Lipinski definition) is 2. The number of carbonyl (C=O) groups is 1. The van der Waals surface area contributed by atoms with E-state index in [0.29, 0.717) is 6.61 Å². The molecule has 4 nitrogen and oxygen atoms in total. The Morgan fingerprint density at radius 1 is 1.28 bits per heavy atom. The van der Waals surface area contributed by atoms with Gasteiger partial charge in [0.25, 0.3) is 5.91 Å². The minimum atomic E-state index is -0.155. The number of anilines is 1. The highest BCUT2D eigenvalue weighted by Crippen LogP contribution is 2.12. The van der Waals surface area contributed by atoms with E-state index in [-0.39, 0.29) is 11.9 Å². The maximum absolute atomic E-state index is 12.5. The van der Waals surface area contributed by atoms with Crippen molar-refractivity contribution in [2.75, 3.05) is 19.0 Å². The van der Waals surface area contributed by atoms with Crippen LogP contribution >= 0.6 is 0 Å². The highest BCUT2D eigenvalue weighted by atomic mass is 16.5. The molecular formula is C21H27N2O2+. The molecule has 0 aliphatic rings. The zero-order valence-electron chi connectivity index (χ0n) is 15.2. The van der Waals surface area contributed by atoms with Crippen LogP contribution in [0.25, 0.3) is 0 Å². The van der Waals surface area contributed by atoms with Gasteiger partial charge in [0.05, 0.1) is 7.05 Å². The van der Waals surface area contributed by atoms with Gasteiger partial charge in [-0.05, 0) is 55.8 Å². The highest BCUT2D eigenvalue weighted by Gasteiger charge is 2.22. The average Bonchev–Trinajstić information content (AvgIpc) is 2.60. The van der Waals surface area contributed by atoms with Gasteiger partial charge < -0.3 is 15.0 Å². The molecule has 2 rings (SSSR count). The summed E-state index contributed by atoms with van der Waals surface area (Å²) in [5.41, 5.74) is 3.14. The molecular weight excluding hydrogens is 312 g/mol. The molecule has 2 atom stereocenters. The number of rotatable bonds is 8. The Morgan fingerprint density at radius 3 is 2.64 bits per heavy atom. The predicted molar refractivity (Wildman–Crippen MR) is 102 cm³/mol. The van der Waals surface area contributed by atoms with Gasteiger partial charge in [0.15, 0.2) is 6.04 Å². The van der Waals surface area contributed by atoms with Crippen molar-refractivity contribution in [3.63, 3.8) is 0 Å². The molecule has 0 heterocycles. The number of benzene rings is 2. The molecule has 25 heavy (non-hydrogen) atoms. The van der Waals surface area contributed by atoms with Crippen molar-refractivity contribution in [1.82, 2.24) is 0 Å². The van der Waals surface area contributed by atoms with Crippen LogP contribution < -0.4 is 15.0 Å². The first-order valence-corrected chi connectivity index (χ1v) is 8.52. The Balaban J connectivity index is 1.91. The molecule has 132 valence electrons. The van der Waals surface area contributed by atoms with Crippen LogP contribution in [-0.4, -0.2) is 25.6 Å².